The standard InChI is InChI=1S/C22H28N2O4S/c1-22(2,3)24-29(26,27)20-11-8-17(9-12-20)21(25)23-13-14-28-19-10-7-16-5-4-6-18(16)15-19/h7-12,15,24H,4-6,13-14H2,1-3H3,(H,23,25). The molecule has 0 saturated carbocycles. The number of fused-ring (bicyclic) bond motifs is 1. The van der Waals surface area contributed by atoms with Crippen molar-refractivity contribution in [1.29, 1.82) is 0 Å². The van der Waals surface area contributed by atoms with Gasteiger partial charge in [0.15, 0.2) is 0 Å². The van der Waals surface area contributed by atoms with Crippen molar-refractivity contribution in [2.75, 3.05) is 13.2 Å². The Balaban J connectivity index is 1.49. The first-order valence-electron chi connectivity index (χ1n) is 9.81. The molecule has 0 heterocycles. The summed E-state index contributed by atoms with van der Waals surface area (Å²) in [6.07, 6.45) is 3.43. The zero-order valence-electron chi connectivity index (χ0n) is 17.1. The average Bonchev–Trinajstić information content (AvgIpc) is 3.11. The van der Waals surface area contributed by atoms with E-state index in [4.69, 9.17) is 4.74 Å². The summed E-state index contributed by atoms with van der Waals surface area (Å²) in [5.74, 6) is 0.552. The van der Waals surface area contributed by atoms with E-state index in [1.165, 1.54) is 41.8 Å². The Hall–Kier alpha value is -2.38. The van der Waals surface area contributed by atoms with E-state index in [9.17, 15) is 13.2 Å². The first-order valence-corrected chi connectivity index (χ1v) is 11.3. The molecule has 0 saturated heterocycles. The van der Waals surface area contributed by atoms with Gasteiger partial charge in [0.25, 0.3) is 5.91 Å². The summed E-state index contributed by atoms with van der Waals surface area (Å²) >= 11 is 0. The van der Waals surface area contributed by atoms with Crippen LogP contribution in [0, 0.1) is 0 Å². The van der Waals surface area contributed by atoms with Crippen LogP contribution < -0.4 is 14.8 Å². The number of carbonyl (C=O) groups excluding carboxylic acids is 1. The highest BCUT2D eigenvalue weighted by molar-refractivity contribution is 7.89. The minimum atomic E-state index is -3.62. The van der Waals surface area contributed by atoms with Crippen LogP contribution in [0.1, 0.15) is 48.7 Å². The van der Waals surface area contributed by atoms with Gasteiger partial charge in [0.1, 0.15) is 12.4 Å². The molecule has 6 nitrogen and oxygen atoms in total. The lowest BCUT2D eigenvalue weighted by atomic mass is 10.1. The number of benzene rings is 2. The maximum absolute atomic E-state index is 12.3. The van der Waals surface area contributed by atoms with Crippen LogP contribution in [-0.2, 0) is 22.9 Å². The van der Waals surface area contributed by atoms with Crippen molar-refractivity contribution in [3.8, 4) is 5.75 Å². The lowest BCUT2D eigenvalue weighted by Crippen LogP contribution is -2.40. The summed E-state index contributed by atoms with van der Waals surface area (Å²) in [6, 6.07) is 12.0. The average molecular weight is 417 g/mol. The van der Waals surface area contributed by atoms with E-state index in [0.717, 1.165) is 18.6 Å². The molecular formula is C22H28N2O4S. The first-order chi connectivity index (χ1) is 13.6. The van der Waals surface area contributed by atoms with Crippen LogP contribution in [0.2, 0.25) is 0 Å². The van der Waals surface area contributed by atoms with Crippen LogP contribution in [0.3, 0.4) is 0 Å². The third-order valence-electron chi connectivity index (χ3n) is 4.59. The fraction of sp³-hybridized carbons (Fsp3) is 0.409. The van der Waals surface area contributed by atoms with Crippen LogP contribution in [-0.4, -0.2) is 33.0 Å². The molecule has 3 rings (SSSR count). The van der Waals surface area contributed by atoms with Crippen molar-refractivity contribution in [2.45, 2.75) is 50.5 Å². The van der Waals surface area contributed by atoms with Crippen molar-refractivity contribution in [2.24, 2.45) is 0 Å². The maximum atomic E-state index is 12.3. The minimum Gasteiger partial charge on any atom is -0.492 e. The molecule has 1 aliphatic carbocycles. The number of hydrogen-bond donors (Lipinski definition) is 2. The normalized spacial score (nSPS) is 13.8. The summed E-state index contributed by atoms with van der Waals surface area (Å²) in [6.45, 7) is 6.06. The van der Waals surface area contributed by atoms with Gasteiger partial charge in [-0.05, 0) is 87.6 Å². The van der Waals surface area contributed by atoms with Gasteiger partial charge in [-0.25, -0.2) is 13.1 Å². The molecule has 2 aromatic rings. The third-order valence-corrected chi connectivity index (χ3v) is 6.37. The van der Waals surface area contributed by atoms with Crippen LogP contribution in [0.25, 0.3) is 0 Å². The molecule has 0 aromatic heterocycles. The summed E-state index contributed by atoms with van der Waals surface area (Å²) in [4.78, 5) is 12.4. The molecule has 1 amide bonds. The Labute approximate surface area is 172 Å². The van der Waals surface area contributed by atoms with E-state index in [1.807, 2.05) is 6.07 Å². The fourth-order valence-electron chi connectivity index (χ4n) is 3.32. The Bertz CT molecular complexity index is 977. The molecule has 2 N–H and O–H groups in total. The number of hydrogen-bond acceptors (Lipinski definition) is 4. The monoisotopic (exact) mass is 416 g/mol. The first kappa shape index (κ1) is 21.3. The number of amides is 1. The summed E-state index contributed by atoms with van der Waals surface area (Å²) < 4.78 is 32.9. The molecule has 0 atom stereocenters. The van der Waals surface area contributed by atoms with Crippen LogP contribution in [0.4, 0.5) is 0 Å². The highest BCUT2D eigenvalue weighted by atomic mass is 32.2. The predicted molar refractivity (Wildman–Crippen MR) is 113 cm³/mol. The Morgan fingerprint density at radius 2 is 1.72 bits per heavy atom. The zero-order chi connectivity index (χ0) is 21.1. The Morgan fingerprint density at radius 1 is 1.03 bits per heavy atom. The number of carbonyl (C=O) groups is 1. The molecular weight excluding hydrogens is 388 g/mol. The van der Waals surface area contributed by atoms with Crippen molar-refractivity contribution >= 4 is 15.9 Å². The van der Waals surface area contributed by atoms with Crippen molar-refractivity contribution in [3.05, 3.63) is 59.2 Å². The van der Waals surface area contributed by atoms with Crippen molar-refractivity contribution in [3.63, 3.8) is 0 Å². The molecule has 0 fully saturated rings. The SMILES string of the molecule is CC(C)(C)NS(=O)(=O)c1ccc(C(=O)NCCOc2ccc3c(c2)CCC3)cc1. The molecule has 0 radical (unpaired) electrons. The molecule has 0 bridgehead atoms. The van der Waals surface area contributed by atoms with E-state index < -0.39 is 15.6 Å². The van der Waals surface area contributed by atoms with Gasteiger partial charge in [-0.1, -0.05) is 6.07 Å². The number of ether oxygens (including phenoxy) is 1. The minimum absolute atomic E-state index is 0.129. The van der Waals surface area contributed by atoms with E-state index in [2.05, 4.69) is 22.2 Å². The maximum Gasteiger partial charge on any atom is 0.251 e. The fourth-order valence-corrected chi connectivity index (χ4v) is 4.74. The molecule has 7 heteroatoms. The summed E-state index contributed by atoms with van der Waals surface area (Å²) in [5.41, 5.74) is 2.57. The molecule has 29 heavy (non-hydrogen) atoms. The van der Waals surface area contributed by atoms with E-state index >= 15 is 0 Å². The number of nitrogens with one attached hydrogen (secondary N) is 2. The Morgan fingerprint density at radius 3 is 2.41 bits per heavy atom. The smallest absolute Gasteiger partial charge is 0.251 e. The van der Waals surface area contributed by atoms with Gasteiger partial charge in [-0.2, -0.15) is 0 Å². The summed E-state index contributed by atoms with van der Waals surface area (Å²) in [7, 11) is -3.62. The molecule has 2 aromatic carbocycles. The second-order valence-electron chi connectivity index (χ2n) is 8.27. The number of rotatable bonds is 7. The van der Waals surface area contributed by atoms with Crippen LogP contribution >= 0.6 is 0 Å². The highest BCUT2D eigenvalue weighted by Gasteiger charge is 2.22. The zero-order valence-corrected chi connectivity index (χ0v) is 17.9. The number of sulfonamides is 1. The van der Waals surface area contributed by atoms with Gasteiger partial charge < -0.3 is 10.1 Å². The second kappa shape index (κ2) is 8.55. The van der Waals surface area contributed by atoms with Gasteiger partial charge in [0.2, 0.25) is 10.0 Å². The van der Waals surface area contributed by atoms with E-state index in [1.54, 1.807) is 20.8 Å². The van der Waals surface area contributed by atoms with Crippen LogP contribution in [0.5, 0.6) is 5.75 Å². The van der Waals surface area contributed by atoms with Gasteiger partial charge >= 0.3 is 0 Å². The van der Waals surface area contributed by atoms with Crippen LogP contribution in [0.15, 0.2) is 47.4 Å². The topological polar surface area (TPSA) is 84.5 Å². The third kappa shape index (κ3) is 5.81. The quantitative estimate of drug-likeness (QED) is 0.680. The number of aryl methyl sites for hydroxylation is 2. The highest BCUT2D eigenvalue weighted by Crippen LogP contribution is 2.25. The molecule has 0 spiro atoms. The predicted octanol–water partition coefficient (Wildman–Crippen LogP) is 3.06. The second-order valence-corrected chi connectivity index (χ2v) is 9.95. The molecule has 1 aliphatic rings. The molecule has 0 unspecified atom stereocenters. The van der Waals surface area contributed by atoms with Gasteiger partial charge in [0, 0.05) is 11.1 Å². The molecule has 156 valence electrons. The van der Waals surface area contributed by atoms with Crippen molar-refractivity contribution in [1.82, 2.24) is 10.0 Å². The molecule has 0 aliphatic heterocycles. The van der Waals surface area contributed by atoms with Crippen molar-refractivity contribution < 1.29 is 17.9 Å². The van der Waals surface area contributed by atoms with Gasteiger partial charge in [0.05, 0.1) is 11.4 Å². The summed E-state index contributed by atoms with van der Waals surface area (Å²) in [5, 5.41) is 2.79. The van der Waals surface area contributed by atoms with Gasteiger partial charge in [-0.3, -0.25) is 4.79 Å². The largest absolute Gasteiger partial charge is 0.492 e. The van der Waals surface area contributed by atoms with Gasteiger partial charge in [-0.15, -0.1) is 0 Å². The lowest BCUT2D eigenvalue weighted by Gasteiger charge is -2.20. The Kier molecular flexibility index (Phi) is 6.29. The lowest BCUT2D eigenvalue weighted by molar-refractivity contribution is 0.0947. The van der Waals surface area contributed by atoms with E-state index in [0.29, 0.717) is 18.7 Å². The van der Waals surface area contributed by atoms with E-state index in [-0.39, 0.29) is 10.8 Å².